The van der Waals surface area contributed by atoms with Gasteiger partial charge in [-0.05, 0) is 60.6 Å². The Labute approximate surface area is 123 Å². The smallest absolute Gasteiger partial charge is 0.0375 e. The summed E-state index contributed by atoms with van der Waals surface area (Å²) in [5.74, 6) is 1.23. The van der Waals surface area contributed by atoms with Crippen LogP contribution < -0.4 is 0 Å². The van der Waals surface area contributed by atoms with Gasteiger partial charge in [0.15, 0.2) is 0 Å². The van der Waals surface area contributed by atoms with Crippen LogP contribution in [0.3, 0.4) is 0 Å². The molecule has 0 aromatic carbocycles. The van der Waals surface area contributed by atoms with E-state index in [4.69, 9.17) is 0 Å². The van der Waals surface area contributed by atoms with E-state index in [1.54, 1.807) is 0 Å². The van der Waals surface area contributed by atoms with Crippen LogP contribution in [0.1, 0.15) is 61.9 Å². The summed E-state index contributed by atoms with van der Waals surface area (Å²) in [7, 11) is 0. The van der Waals surface area contributed by atoms with Crippen LogP contribution in [0.4, 0.5) is 0 Å². The van der Waals surface area contributed by atoms with Gasteiger partial charge in [-0.2, -0.15) is 0 Å². The molecular weight excluding hydrogens is 244 g/mol. The number of pyridine rings is 2. The Morgan fingerprint density at radius 3 is 2.00 bits per heavy atom. The lowest BCUT2D eigenvalue weighted by Gasteiger charge is -2.06. The first-order chi connectivity index (χ1) is 9.41. The van der Waals surface area contributed by atoms with E-state index in [1.807, 2.05) is 25.5 Å². The second-order valence-corrected chi connectivity index (χ2v) is 5.77. The molecule has 0 fully saturated rings. The Morgan fingerprint density at radius 2 is 1.60 bits per heavy atom. The molecule has 0 saturated heterocycles. The molecule has 2 rings (SSSR count). The number of hydrogen-bond donors (Lipinski definition) is 0. The zero-order chi connectivity index (χ0) is 15.1. The molecule has 0 atom stereocenters. The monoisotopic (exact) mass is 270 g/mol. The highest BCUT2D eigenvalue weighted by atomic mass is 14.6. The predicted octanol–water partition coefficient (Wildman–Crippen LogP) is 5.03. The van der Waals surface area contributed by atoms with E-state index in [0.717, 1.165) is 5.69 Å². The number of rotatable bonds is 2. The van der Waals surface area contributed by atoms with Crippen molar-refractivity contribution in [2.75, 3.05) is 0 Å². The molecule has 20 heavy (non-hydrogen) atoms. The van der Waals surface area contributed by atoms with E-state index < -0.39 is 0 Å². The van der Waals surface area contributed by atoms with Crippen LogP contribution in [0, 0.1) is 13.8 Å². The fraction of sp³-hybridized carbons (Fsp3) is 0.444. The van der Waals surface area contributed by atoms with Crippen LogP contribution in [-0.2, 0) is 0 Å². The maximum Gasteiger partial charge on any atom is 0.0375 e. The number of hydrogen-bond acceptors (Lipinski definition) is 2. The summed E-state index contributed by atoms with van der Waals surface area (Å²) in [6.07, 6.45) is 5.63. The molecule has 0 saturated carbocycles. The Morgan fingerprint density at radius 1 is 0.900 bits per heavy atom. The van der Waals surface area contributed by atoms with Gasteiger partial charge in [-0.3, -0.25) is 9.97 Å². The molecule has 108 valence electrons. The molecule has 0 aliphatic rings. The van der Waals surface area contributed by atoms with Gasteiger partial charge in [0.25, 0.3) is 0 Å². The van der Waals surface area contributed by atoms with E-state index in [1.165, 1.54) is 16.7 Å². The molecular formula is C18H26N2. The summed E-state index contributed by atoms with van der Waals surface area (Å²) in [5, 5.41) is 0. The predicted molar refractivity (Wildman–Crippen MR) is 86.1 cm³/mol. The van der Waals surface area contributed by atoms with Gasteiger partial charge in [-0.1, -0.05) is 27.7 Å². The van der Waals surface area contributed by atoms with Crippen LogP contribution >= 0.6 is 0 Å². The number of aromatic nitrogens is 2. The van der Waals surface area contributed by atoms with Crippen molar-refractivity contribution in [3.8, 4) is 0 Å². The lowest BCUT2D eigenvalue weighted by molar-refractivity contribution is 0.852. The summed E-state index contributed by atoms with van der Waals surface area (Å²) >= 11 is 0. The first-order valence-corrected chi connectivity index (χ1v) is 7.24. The van der Waals surface area contributed by atoms with Crippen LogP contribution in [0.5, 0.6) is 0 Å². The van der Waals surface area contributed by atoms with Gasteiger partial charge < -0.3 is 0 Å². The van der Waals surface area contributed by atoms with Crippen molar-refractivity contribution in [3.05, 3.63) is 59.2 Å². The third-order valence-electron chi connectivity index (χ3n) is 3.27. The summed E-state index contributed by atoms with van der Waals surface area (Å²) in [4.78, 5) is 8.15. The second-order valence-electron chi connectivity index (χ2n) is 5.77. The number of aryl methyl sites for hydroxylation is 2. The highest BCUT2D eigenvalue weighted by molar-refractivity contribution is 5.24. The van der Waals surface area contributed by atoms with Crippen LogP contribution in [0.2, 0.25) is 0 Å². The van der Waals surface area contributed by atoms with Gasteiger partial charge in [0, 0.05) is 24.3 Å². The molecule has 0 aliphatic heterocycles. The van der Waals surface area contributed by atoms with Crippen LogP contribution in [0.15, 0.2) is 36.8 Å². The van der Waals surface area contributed by atoms with Gasteiger partial charge >= 0.3 is 0 Å². The standard InChI is InChI=1S/2C9H13N/c1-7(2)9-4-5-10-6-8(9)3;1-7(2)9-4-5-10-8(3)6-9/h2*4-7H,1-3H3. The molecule has 0 aliphatic carbocycles. The topological polar surface area (TPSA) is 25.8 Å². The molecule has 2 nitrogen and oxygen atoms in total. The van der Waals surface area contributed by atoms with E-state index in [9.17, 15) is 0 Å². The van der Waals surface area contributed by atoms with Gasteiger partial charge in [-0.25, -0.2) is 0 Å². The average molecular weight is 270 g/mol. The largest absolute Gasteiger partial charge is 0.264 e. The quantitative estimate of drug-likeness (QED) is 0.765. The lowest BCUT2D eigenvalue weighted by atomic mass is 10.0. The van der Waals surface area contributed by atoms with Gasteiger partial charge in [0.1, 0.15) is 0 Å². The van der Waals surface area contributed by atoms with E-state index >= 15 is 0 Å². The summed E-state index contributed by atoms with van der Waals surface area (Å²) in [6, 6.07) is 6.28. The second kappa shape index (κ2) is 7.78. The van der Waals surface area contributed by atoms with Crippen LogP contribution in [0.25, 0.3) is 0 Å². The minimum absolute atomic E-state index is 0.613. The Hall–Kier alpha value is -1.70. The maximum absolute atomic E-state index is 4.12. The van der Waals surface area contributed by atoms with Gasteiger partial charge in [-0.15, -0.1) is 0 Å². The lowest BCUT2D eigenvalue weighted by Crippen LogP contribution is -1.91. The molecule has 0 spiro atoms. The first-order valence-electron chi connectivity index (χ1n) is 7.24. The van der Waals surface area contributed by atoms with Crippen molar-refractivity contribution in [2.24, 2.45) is 0 Å². The van der Waals surface area contributed by atoms with E-state index in [0.29, 0.717) is 11.8 Å². The molecule has 0 radical (unpaired) electrons. The third-order valence-corrected chi connectivity index (χ3v) is 3.27. The normalized spacial score (nSPS) is 10.4. The molecule has 2 aromatic heterocycles. The molecule has 0 N–H and O–H groups in total. The highest BCUT2D eigenvalue weighted by Crippen LogP contribution is 2.16. The van der Waals surface area contributed by atoms with Crippen LogP contribution in [-0.4, -0.2) is 9.97 Å². The van der Waals surface area contributed by atoms with Gasteiger partial charge in [0.05, 0.1) is 0 Å². The van der Waals surface area contributed by atoms with Crippen molar-refractivity contribution < 1.29 is 0 Å². The minimum atomic E-state index is 0.613. The fourth-order valence-corrected chi connectivity index (χ4v) is 2.06. The fourth-order valence-electron chi connectivity index (χ4n) is 2.06. The van der Waals surface area contributed by atoms with Gasteiger partial charge in [0.2, 0.25) is 0 Å². The van der Waals surface area contributed by atoms with Crippen molar-refractivity contribution in [1.82, 2.24) is 9.97 Å². The van der Waals surface area contributed by atoms with Crippen molar-refractivity contribution in [1.29, 1.82) is 0 Å². The van der Waals surface area contributed by atoms with Crippen molar-refractivity contribution in [2.45, 2.75) is 53.4 Å². The highest BCUT2D eigenvalue weighted by Gasteiger charge is 2.00. The molecule has 2 aromatic rings. The van der Waals surface area contributed by atoms with E-state index in [-0.39, 0.29) is 0 Å². The molecule has 2 heteroatoms. The Balaban J connectivity index is 0.000000200. The molecule has 2 heterocycles. The average Bonchev–Trinajstić information content (AvgIpc) is 2.39. The summed E-state index contributed by atoms with van der Waals surface area (Å²) < 4.78 is 0. The number of nitrogens with zero attached hydrogens (tertiary/aromatic N) is 2. The van der Waals surface area contributed by atoms with Crippen molar-refractivity contribution in [3.63, 3.8) is 0 Å². The summed E-state index contributed by atoms with van der Waals surface area (Å²) in [6.45, 7) is 12.9. The molecule has 0 amide bonds. The third kappa shape index (κ3) is 5.12. The van der Waals surface area contributed by atoms with E-state index in [2.05, 4.69) is 62.8 Å². The Kier molecular flexibility index (Phi) is 6.37. The minimum Gasteiger partial charge on any atom is -0.264 e. The molecule has 0 bridgehead atoms. The zero-order valence-electron chi connectivity index (χ0n) is 13.5. The van der Waals surface area contributed by atoms with Crippen molar-refractivity contribution >= 4 is 0 Å². The zero-order valence-corrected chi connectivity index (χ0v) is 13.5. The first kappa shape index (κ1) is 16.4. The Bertz CT molecular complexity index is 530. The molecule has 0 unspecified atom stereocenters. The SMILES string of the molecule is Cc1cc(C(C)C)ccn1.Cc1cnccc1C(C)C. The summed E-state index contributed by atoms with van der Waals surface area (Å²) in [5.41, 5.74) is 5.16. The maximum atomic E-state index is 4.12.